The maximum absolute atomic E-state index is 11.7. The van der Waals surface area contributed by atoms with Crippen molar-refractivity contribution >= 4 is 17.3 Å². The lowest BCUT2D eigenvalue weighted by Gasteiger charge is -2.31. The zero-order valence-electron chi connectivity index (χ0n) is 15.2. The number of hydrogen-bond acceptors (Lipinski definition) is 3. The Hall–Kier alpha value is -2.33. The number of aryl methyl sites for hydroxylation is 1. The molecule has 0 spiro atoms. The van der Waals surface area contributed by atoms with Crippen LogP contribution in [-0.2, 0) is 12.8 Å². The van der Waals surface area contributed by atoms with Crippen molar-refractivity contribution in [3.8, 4) is 0 Å². The molecular weight excluding hydrogens is 312 g/mol. The van der Waals surface area contributed by atoms with Crippen LogP contribution in [0.3, 0.4) is 0 Å². The molecular formula is C21H26N2O2. The molecule has 0 radical (unpaired) electrons. The third kappa shape index (κ3) is 3.69. The van der Waals surface area contributed by atoms with Gasteiger partial charge in [-0.15, -0.1) is 0 Å². The highest BCUT2D eigenvalue weighted by Crippen LogP contribution is 2.37. The van der Waals surface area contributed by atoms with Crippen molar-refractivity contribution < 1.29 is 9.90 Å². The van der Waals surface area contributed by atoms with Crippen molar-refractivity contribution in [2.75, 3.05) is 32.1 Å². The summed E-state index contributed by atoms with van der Waals surface area (Å²) in [7, 11) is 4.17. The number of anilines is 2. The van der Waals surface area contributed by atoms with Gasteiger partial charge in [0.05, 0.1) is 5.56 Å². The molecule has 1 N–H and O–H groups in total. The Morgan fingerprint density at radius 3 is 2.56 bits per heavy atom. The smallest absolute Gasteiger partial charge is 0.336 e. The van der Waals surface area contributed by atoms with E-state index in [2.05, 4.69) is 61.2 Å². The second-order valence-corrected chi connectivity index (χ2v) is 7.22. The zero-order valence-corrected chi connectivity index (χ0v) is 15.2. The first-order valence-corrected chi connectivity index (χ1v) is 8.82. The summed E-state index contributed by atoms with van der Waals surface area (Å²) in [4.78, 5) is 16.2. The molecule has 0 aromatic heterocycles. The van der Waals surface area contributed by atoms with E-state index in [1.165, 1.54) is 11.3 Å². The topological polar surface area (TPSA) is 43.8 Å². The van der Waals surface area contributed by atoms with Gasteiger partial charge in [0.25, 0.3) is 0 Å². The van der Waals surface area contributed by atoms with E-state index in [-0.39, 0.29) is 0 Å². The SMILES string of the molecule is CC(CN(C)C)CN1c2ccccc2CCc2c(C(=O)O)cccc21. The van der Waals surface area contributed by atoms with Gasteiger partial charge in [-0.25, -0.2) is 4.79 Å². The van der Waals surface area contributed by atoms with Crippen molar-refractivity contribution in [2.45, 2.75) is 19.8 Å². The third-order valence-corrected chi connectivity index (χ3v) is 4.77. The van der Waals surface area contributed by atoms with E-state index in [4.69, 9.17) is 0 Å². The van der Waals surface area contributed by atoms with Crippen molar-refractivity contribution in [1.82, 2.24) is 4.90 Å². The Bertz CT molecular complexity index is 770. The van der Waals surface area contributed by atoms with Crippen LogP contribution in [0.25, 0.3) is 0 Å². The van der Waals surface area contributed by atoms with Crippen molar-refractivity contribution in [3.63, 3.8) is 0 Å². The summed E-state index contributed by atoms with van der Waals surface area (Å²) in [6.07, 6.45) is 1.62. The number of fused-ring (bicyclic) bond motifs is 2. The van der Waals surface area contributed by atoms with Crippen LogP contribution >= 0.6 is 0 Å². The Balaban J connectivity index is 2.08. The molecule has 0 saturated carbocycles. The predicted molar refractivity (Wildman–Crippen MR) is 102 cm³/mol. The van der Waals surface area contributed by atoms with E-state index >= 15 is 0 Å². The Morgan fingerprint density at radius 1 is 1.12 bits per heavy atom. The van der Waals surface area contributed by atoms with E-state index < -0.39 is 5.97 Å². The summed E-state index contributed by atoms with van der Waals surface area (Å²) in [6, 6.07) is 14.1. The summed E-state index contributed by atoms with van der Waals surface area (Å²) in [6.45, 7) is 4.10. The number of carboxylic acids is 1. The van der Waals surface area contributed by atoms with Crippen LogP contribution < -0.4 is 4.90 Å². The number of aromatic carboxylic acids is 1. The standard InChI is InChI=1S/C21H26N2O2/c1-15(13-22(2)3)14-23-19-9-5-4-7-16(19)11-12-17-18(21(24)25)8-6-10-20(17)23/h4-10,15H,11-14H2,1-3H3,(H,24,25). The van der Waals surface area contributed by atoms with Gasteiger partial charge in [-0.1, -0.05) is 31.2 Å². The lowest BCUT2D eigenvalue weighted by Crippen LogP contribution is -2.31. The second kappa shape index (κ2) is 7.28. The number of carbonyl (C=O) groups is 1. The van der Waals surface area contributed by atoms with Crippen LogP contribution in [0.5, 0.6) is 0 Å². The predicted octanol–water partition coefficient (Wildman–Crippen LogP) is 3.82. The van der Waals surface area contributed by atoms with Gasteiger partial charge in [0.15, 0.2) is 0 Å². The lowest BCUT2D eigenvalue weighted by atomic mass is 9.99. The van der Waals surface area contributed by atoms with Crippen LogP contribution in [0.15, 0.2) is 42.5 Å². The summed E-state index contributed by atoms with van der Waals surface area (Å²) in [5.74, 6) is -0.383. The summed E-state index contributed by atoms with van der Waals surface area (Å²) < 4.78 is 0. The molecule has 0 saturated heterocycles. The van der Waals surface area contributed by atoms with Crippen LogP contribution in [0.1, 0.15) is 28.4 Å². The van der Waals surface area contributed by atoms with Gasteiger partial charge in [-0.2, -0.15) is 0 Å². The monoisotopic (exact) mass is 338 g/mol. The van der Waals surface area contributed by atoms with Crippen molar-refractivity contribution in [3.05, 3.63) is 59.2 Å². The van der Waals surface area contributed by atoms with Gasteiger partial charge in [-0.3, -0.25) is 0 Å². The molecule has 1 aliphatic rings. The molecule has 3 rings (SSSR count). The average Bonchev–Trinajstić information content (AvgIpc) is 2.72. The molecule has 2 aromatic carbocycles. The maximum atomic E-state index is 11.7. The Labute approximate surface area is 149 Å². The molecule has 4 heteroatoms. The van der Waals surface area contributed by atoms with Crippen LogP contribution in [0.4, 0.5) is 11.4 Å². The maximum Gasteiger partial charge on any atom is 0.336 e. The molecule has 0 bridgehead atoms. The van der Waals surface area contributed by atoms with Gasteiger partial charge in [0.2, 0.25) is 0 Å². The molecule has 132 valence electrons. The quantitative estimate of drug-likeness (QED) is 0.900. The van der Waals surface area contributed by atoms with E-state index in [0.29, 0.717) is 11.5 Å². The number of carboxylic acid groups (broad SMARTS) is 1. The van der Waals surface area contributed by atoms with E-state index in [1.54, 1.807) is 6.07 Å². The fraction of sp³-hybridized carbons (Fsp3) is 0.381. The molecule has 2 aromatic rings. The molecule has 1 unspecified atom stereocenters. The fourth-order valence-electron chi connectivity index (χ4n) is 3.86. The number of rotatable bonds is 5. The minimum atomic E-state index is -0.843. The van der Waals surface area contributed by atoms with Gasteiger partial charge in [-0.05, 0) is 62.2 Å². The summed E-state index contributed by atoms with van der Waals surface area (Å²) in [5, 5.41) is 9.61. The highest BCUT2D eigenvalue weighted by Gasteiger charge is 2.25. The fourth-order valence-corrected chi connectivity index (χ4v) is 3.86. The van der Waals surface area contributed by atoms with E-state index in [0.717, 1.165) is 37.2 Å². The normalized spacial score (nSPS) is 14.6. The van der Waals surface area contributed by atoms with Gasteiger partial charge in [0.1, 0.15) is 0 Å². The van der Waals surface area contributed by atoms with Crippen LogP contribution in [0, 0.1) is 5.92 Å². The number of benzene rings is 2. The Morgan fingerprint density at radius 2 is 1.84 bits per heavy atom. The van der Waals surface area contributed by atoms with Crippen LogP contribution in [-0.4, -0.2) is 43.2 Å². The molecule has 1 heterocycles. The van der Waals surface area contributed by atoms with Gasteiger partial charge in [0, 0.05) is 24.5 Å². The first-order valence-electron chi connectivity index (χ1n) is 8.82. The number of nitrogens with zero attached hydrogens (tertiary/aromatic N) is 2. The van der Waals surface area contributed by atoms with Crippen LogP contribution in [0.2, 0.25) is 0 Å². The zero-order chi connectivity index (χ0) is 18.0. The molecule has 4 nitrogen and oxygen atoms in total. The summed E-state index contributed by atoms with van der Waals surface area (Å²) in [5.41, 5.74) is 4.90. The second-order valence-electron chi connectivity index (χ2n) is 7.22. The van der Waals surface area contributed by atoms with Gasteiger partial charge < -0.3 is 14.9 Å². The third-order valence-electron chi connectivity index (χ3n) is 4.77. The molecule has 25 heavy (non-hydrogen) atoms. The van der Waals surface area contributed by atoms with Crippen molar-refractivity contribution in [1.29, 1.82) is 0 Å². The van der Waals surface area contributed by atoms with E-state index in [9.17, 15) is 9.90 Å². The molecule has 1 aliphatic heterocycles. The number of hydrogen-bond donors (Lipinski definition) is 1. The molecule has 1 atom stereocenters. The Kier molecular flexibility index (Phi) is 5.09. The first-order chi connectivity index (χ1) is 12.0. The summed E-state index contributed by atoms with van der Waals surface area (Å²) >= 11 is 0. The molecule has 0 fully saturated rings. The first kappa shape index (κ1) is 17.5. The largest absolute Gasteiger partial charge is 0.478 e. The average molecular weight is 338 g/mol. The molecule has 0 amide bonds. The lowest BCUT2D eigenvalue weighted by molar-refractivity contribution is 0.0695. The van der Waals surface area contributed by atoms with E-state index in [1.807, 2.05) is 6.07 Å². The minimum absolute atomic E-state index is 0.426. The van der Waals surface area contributed by atoms with Gasteiger partial charge >= 0.3 is 5.97 Å². The minimum Gasteiger partial charge on any atom is -0.478 e. The molecule has 0 aliphatic carbocycles. The highest BCUT2D eigenvalue weighted by atomic mass is 16.4. The number of para-hydroxylation sites is 1. The highest BCUT2D eigenvalue weighted by molar-refractivity contribution is 5.92. The van der Waals surface area contributed by atoms with Crippen molar-refractivity contribution in [2.24, 2.45) is 5.92 Å².